The van der Waals surface area contributed by atoms with Crippen molar-refractivity contribution in [3.05, 3.63) is 95.0 Å². The van der Waals surface area contributed by atoms with Gasteiger partial charge < -0.3 is 10.6 Å². The van der Waals surface area contributed by atoms with E-state index >= 15 is 0 Å². The van der Waals surface area contributed by atoms with Crippen molar-refractivity contribution in [1.82, 2.24) is 9.97 Å². The molecule has 4 nitrogen and oxygen atoms in total. The summed E-state index contributed by atoms with van der Waals surface area (Å²) in [7, 11) is 0. The molecule has 4 rings (SSSR count). The predicted octanol–water partition coefficient (Wildman–Crippen LogP) is 5.93. The normalized spacial score (nSPS) is 10.3. The van der Waals surface area contributed by atoms with Crippen molar-refractivity contribution in [3.8, 4) is 0 Å². The van der Waals surface area contributed by atoms with Crippen LogP contribution in [-0.4, -0.2) is 9.97 Å². The molecule has 0 saturated carbocycles. The fourth-order valence-electron chi connectivity index (χ4n) is 2.86. The van der Waals surface area contributed by atoms with Gasteiger partial charge in [0, 0.05) is 23.5 Å². The summed E-state index contributed by atoms with van der Waals surface area (Å²) in [4.78, 5) is 9.32. The number of rotatable bonds is 6. The number of benzene rings is 3. The van der Waals surface area contributed by atoms with Gasteiger partial charge in [0.05, 0.1) is 5.52 Å². The molecule has 0 aliphatic heterocycles. The summed E-state index contributed by atoms with van der Waals surface area (Å²) >= 11 is 5.95. The van der Waals surface area contributed by atoms with E-state index < -0.39 is 0 Å². The Morgan fingerprint density at radius 1 is 0.679 bits per heavy atom. The van der Waals surface area contributed by atoms with Gasteiger partial charge in [0.25, 0.3) is 0 Å². The molecule has 0 spiro atoms. The first-order chi connectivity index (χ1) is 13.3. The van der Waals surface area contributed by atoms with E-state index in [9.17, 15) is 0 Å². The first-order valence-corrected chi connectivity index (χ1v) is 9.18. The van der Waals surface area contributed by atoms with Crippen LogP contribution >= 0.6 is 24.0 Å². The topological polar surface area (TPSA) is 49.8 Å². The summed E-state index contributed by atoms with van der Waals surface area (Å²) in [5.41, 5.74) is 3.23. The zero-order chi connectivity index (χ0) is 18.5. The van der Waals surface area contributed by atoms with Gasteiger partial charge in [0.1, 0.15) is 5.82 Å². The lowest BCUT2D eigenvalue weighted by atomic mass is 10.2. The summed E-state index contributed by atoms with van der Waals surface area (Å²) in [6, 6.07) is 26.0. The molecule has 0 unspecified atom stereocenters. The summed E-state index contributed by atoms with van der Waals surface area (Å²) in [6.07, 6.45) is 0. The number of halogens is 2. The summed E-state index contributed by atoms with van der Waals surface area (Å²) in [5.74, 6) is 1.42. The predicted molar refractivity (Wildman–Crippen MR) is 119 cm³/mol. The molecule has 6 heteroatoms. The van der Waals surface area contributed by atoms with E-state index in [4.69, 9.17) is 11.6 Å². The zero-order valence-electron chi connectivity index (χ0n) is 15.1. The highest BCUT2D eigenvalue weighted by atomic mass is 35.5. The maximum absolute atomic E-state index is 5.95. The summed E-state index contributed by atoms with van der Waals surface area (Å²) < 4.78 is 0. The van der Waals surface area contributed by atoms with Crippen LogP contribution in [0.4, 0.5) is 11.8 Å². The minimum absolute atomic E-state index is 0. The first-order valence-electron chi connectivity index (χ1n) is 8.81. The molecule has 1 heterocycles. The monoisotopic (exact) mass is 410 g/mol. The van der Waals surface area contributed by atoms with Crippen LogP contribution in [0.1, 0.15) is 11.1 Å². The maximum atomic E-state index is 5.95. The van der Waals surface area contributed by atoms with Crippen molar-refractivity contribution in [1.29, 1.82) is 0 Å². The highest BCUT2D eigenvalue weighted by Crippen LogP contribution is 2.23. The smallest absolute Gasteiger partial charge is 0.225 e. The molecule has 4 aromatic rings. The van der Waals surface area contributed by atoms with E-state index in [1.807, 2.05) is 66.7 Å². The molecule has 0 aliphatic carbocycles. The van der Waals surface area contributed by atoms with Crippen LogP contribution in [0.15, 0.2) is 78.9 Å². The van der Waals surface area contributed by atoms with Gasteiger partial charge >= 0.3 is 0 Å². The molecule has 0 atom stereocenters. The highest BCUT2D eigenvalue weighted by Gasteiger charge is 2.07. The van der Waals surface area contributed by atoms with Crippen LogP contribution in [0.3, 0.4) is 0 Å². The Hall–Kier alpha value is -2.82. The fraction of sp³-hybridized carbons (Fsp3) is 0.0909. The number of hydrogen-bond acceptors (Lipinski definition) is 4. The Kier molecular flexibility index (Phi) is 6.69. The number of nitrogens with one attached hydrogen (secondary N) is 2. The zero-order valence-corrected chi connectivity index (χ0v) is 16.7. The lowest BCUT2D eigenvalue weighted by Crippen LogP contribution is -2.08. The van der Waals surface area contributed by atoms with Gasteiger partial charge in [-0.25, -0.2) is 4.98 Å². The second-order valence-corrected chi connectivity index (χ2v) is 6.67. The molecule has 0 amide bonds. The third-order valence-corrected chi connectivity index (χ3v) is 4.52. The van der Waals surface area contributed by atoms with Gasteiger partial charge in [0.15, 0.2) is 0 Å². The van der Waals surface area contributed by atoms with Crippen molar-refractivity contribution < 1.29 is 0 Å². The minimum atomic E-state index is 0. The van der Waals surface area contributed by atoms with E-state index in [0.717, 1.165) is 27.3 Å². The quantitative estimate of drug-likeness (QED) is 0.413. The molecule has 142 valence electrons. The molecule has 2 N–H and O–H groups in total. The SMILES string of the molecule is Cl.Clc1ccc(CNc2nc(NCc3ccccc3)c3ccccc3n2)cc1. The van der Waals surface area contributed by atoms with E-state index in [1.54, 1.807) is 0 Å². The van der Waals surface area contributed by atoms with Crippen molar-refractivity contribution in [2.45, 2.75) is 13.1 Å². The van der Waals surface area contributed by atoms with Crippen LogP contribution in [-0.2, 0) is 13.1 Å². The third-order valence-electron chi connectivity index (χ3n) is 4.27. The van der Waals surface area contributed by atoms with Crippen molar-refractivity contribution >= 4 is 46.7 Å². The number of nitrogens with zero attached hydrogens (tertiary/aromatic N) is 2. The van der Waals surface area contributed by atoms with Crippen LogP contribution in [0.2, 0.25) is 5.02 Å². The van der Waals surface area contributed by atoms with Crippen molar-refractivity contribution in [2.24, 2.45) is 0 Å². The maximum Gasteiger partial charge on any atom is 0.225 e. The van der Waals surface area contributed by atoms with E-state index in [2.05, 4.69) is 32.7 Å². The average Bonchev–Trinajstić information content (AvgIpc) is 2.72. The van der Waals surface area contributed by atoms with Crippen molar-refractivity contribution in [3.63, 3.8) is 0 Å². The molecule has 0 saturated heterocycles. The Bertz CT molecular complexity index is 1040. The van der Waals surface area contributed by atoms with Crippen LogP contribution in [0, 0.1) is 0 Å². The number of para-hydroxylation sites is 1. The average molecular weight is 411 g/mol. The van der Waals surface area contributed by atoms with Gasteiger partial charge in [-0.15, -0.1) is 12.4 Å². The van der Waals surface area contributed by atoms with Crippen molar-refractivity contribution in [2.75, 3.05) is 10.6 Å². The second-order valence-electron chi connectivity index (χ2n) is 6.23. The van der Waals surface area contributed by atoms with Gasteiger partial charge in [-0.3, -0.25) is 0 Å². The Morgan fingerprint density at radius 3 is 2.11 bits per heavy atom. The molecule has 0 fully saturated rings. The highest BCUT2D eigenvalue weighted by molar-refractivity contribution is 6.30. The van der Waals surface area contributed by atoms with Gasteiger partial charge in [-0.2, -0.15) is 4.98 Å². The molecule has 3 aromatic carbocycles. The van der Waals surface area contributed by atoms with Crippen LogP contribution in [0.5, 0.6) is 0 Å². The lowest BCUT2D eigenvalue weighted by molar-refractivity contribution is 1.05. The lowest BCUT2D eigenvalue weighted by Gasteiger charge is -2.12. The number of hydrogen-bond donors (Lipinski definition) is 2. The number of fused-ring (bicyclic) bond motifs is 1. The molecule has 0 aliphatic rings. The molecular formula is C22H20Cl2N4. The third kappa shape index (κ3) is 4.91. The molecule has 0 radical (unpaired) electrons. The molecule has 0 bridgehead atoms. The van der Waals surface area contributed by atoms with Gasteiger partial charge in [-0.05, 0) is 35.4 Å². The van der Waals surface area contributed by atoms with Gasteiger partial charge in [0.2, 0.25) is 5.95 Å². The number of anilines is 2. The van der Waals surface area contributed by atoms with E-state index in [1.165, 1.54) is 5.56 Å². The molecular weight excluding hydrogens is 391 g/mol. The minimum Gasteiger partial charge on any atom is -0.365 e. The van der Waals surface area contributed by atoms with Crippen LogP contribution in [0.25, 0.3) is 10.9 Å². The Balaban J connectivity index is 0.00000225. The van der Waals surface area contributed by atoms with Crippen LogP contribution < -0.4 is 10.6 Å². The fourth-order valence-corrected chi connectivity index (χ4v) is 2.98. The van der Waals surface area contributed by atoms with E-state index in [-0.39, 0.29) is 12.4 Å². The summed E-state index contributed by atoms with van der Waals surface area (Å²) in [5, 5.41) is 8.48. The van der Waals surface area contributed by atoms with E-state index in [0.29, 0.717) is 19.0 Å². The van der Waals surface area contributed by atoms with Gasteiger partial charge in [-0.1, -0.05) is 66.2 Å². The standard InChI is InChI=1S/C22H19ClN4.ClH/c23-18-12-10-17(11-13-18)15-25-22-26-20-9-5-4-8-19(20)21(27-22)24-14-16-6-2-1-3-7-16;/h1-13H,14-15H2,(H2,24,25,26,27);1H. The first kappa shape index (κ1) is 19.9. The Labute approximate surface area is 175 Å². The second kappa shape index (κ2) is 9.40. The summed E-state index contributed by atoms with van der Waals surface area (Å²) in [6.45, 7) is 1.34. The number of aromatic nitrogens is 2. The largest absolute Gasteiger partial charge is 0.365 e. The Morgan fingerprint density at radius 2 is 1.32 bits per heavy atom. The molecule has 1 aromatic heterocycles. The molecule has 28 heavy (non-hydrogen) atoms.